The SMILES string of the molecule is COC(=O)c1c(NC(=O)C2CCCCC2)sc2c1CCN(C)C2. The van der Waals surface area contributed by atoms with E-state index in [0.29, 0.717) is 10.6 Å². The molecule has 0 bridgehead atoms. The monoisotopic (exact) mass is 336 g/mol. The minimum atomic E-state index is -0.342. The van der Waals surface area contributed by atoms with E-state index < -0.39 is 0 Å². The number of methoxy groups -OCH3 is 1. The summed E-state index contributed by atoms with van der Waals surface area (Å²) in [6.45, 7) is 1.74. The molecule has 0 unspecified atom stereocenters. The summed E-state index contributed by atoms with van der Waals surface area (Å²) in [5.74, 6) is -0.205. The van der Waals surface area contributed by atoms with E-state index in [9.17, 15) is 9.59 Å². The van der Waals surface area contributed by atoms with Gasteiger partial charge in [-0.2, -0.15) is 0 Å². The summed E-state index contributed by atoms with van der Waals surface area (Å²) in [6, 6.07) is 0. The zero-order chi connectivity index (χ0) is 16.4. The Kier molecular flexibility index (Phi) is 5.02. The maximum absolute atomic E-state index is 12.5. The Bertz CT molecular complexity index is 605. The van der Waals surface area contributed by atoms with E-state index in [4.69, 9.17) is 4.74 Å². The molecular formula is C17H24N2O3S. The number of amides is 1. The van der Waals surface area contributed by atoms with Gasteiger partial charge >= 0.3 is 5.97 Å². The average molecular weight is 336 g/mol. The molecule has 1 aliphatic heterocycles. The first kappa shape index (κ1) is 16.5. The second kappa shape index (κ2) is 7.01. The topological polar surface area (TPSA) is 58.6 Å². The number of rotatable bonds is 3. The zero-order valence-electron chi connectivity index (χ0n) is 13.8. The van der Waals surface area contributed by atoms with Gasteiger partial charge in [-0.1, -0.05) is 19.3 Å². The maximum Gasteiger partial charge on any atom is 0.341 e. The van der Waals surface area contributed by atoms with Crippen LogP contribution in [0.4, 0.5) is 5.00 Å². The Morgan fingerprint density at radius 3 is 2.70 bits per heavy atom. The van der Waals surface area contributed by atoms with Crippen molar-refractivity contribution in [3.05, 3.63) is 16.0 Å². The predicted molar refractivity (Wildman–Crippen MR) is 90.9 cm³/mol. The first-order valence-corrected chi connectivity index (χ1v) is 9.14. The van der Waals surface area contributed by atoms with Crippen molar-refractivity contribution in [2.75, 3.05) is 26.0 Å². The lowest BCUT2D eigenvalue weighted by Gasteiger charge is -2.22. The molecule has 1 N–H and O–H groups in total. The first-order chi connectivity index (χ1) is 11.1. The number of likely N-dealkylation sites (N-methyl/N-ethyl adjacent to an activating group) is 1. The van der Waals surface area contributed by atoms with Gasteiger partial charge in [0.15, 0.2) is 0 Å². The van der Waals surface area contributed by atoms with Crippen LogP contribution in [0.15, 0.2) is 0 Å². The summed E-state index contributed by atoms with van der Waals surface area (Å²) in [5, 5.41) is 3.70. The lowest BCUT2D eigenvalue weighted by atomic mass is 9.88. The number of esters is 1. The molecule has 1 amide bonds. The number of fused-ring (bicyclic) bond motifs is 1. The fourth-order valence-corrected chi connectivity index (χ4v) is 4.83. The molecule has 2 heterocycles. The lowest BCUT2D eigenvalue weighted by molar-refractivity contribution is -0.120. The molecule has 1 aromatic heterocycles. The minimum Gasteiger partial charge on any atom is -0.465 e. The van der Waals surface area contributed by atoms with E-state index in [1.165, 1.54) is 24.9 Å². The molecule has 6 heteroatoms. The molecule has 0 aromatic carbocycles. The van der Waals surface area contributed by atoms with Gasteiger partial charge in [0.05, 0.1) is 12.7 Å². The molecule has 0 spiro atoms. The standard InChI is InChI=1S/C17H24N2O3S/c1-19-9-8-12-13(10-19)23-16(14(12)17(21)22-2)18-15(20)11-6-4-3-5-7-11/h11H,3-10H2,1-2H3,(H,18,20). The number of nitrogens with one attached hydrogen (secondary N) is 1. The van der Waals surface area contributed by atoms with Gasteiger partial charge in [-0.15, -0.1) is 11.3 Å². The number of carbonyl (C=O) groups is 2. The molecule has 1 saturated carbocycles. The number of hydrogen-bond donors (Lipinski definition) is 1. The van der Waals surface area contributed by atoms with E-state index in [2.05, 4.69) is 17.3 Å². The molecule has 1 fully saturated rings. The molecule has 0 radical (unpaired) electrons. The Morgan fingerprint density at radius 1 is 1.26 bits per heavy atom. The Labute approximate surface area is 141 Å². The molecule has 3 rings (SSSR count). The fourth-order valence-electron chi connectivity index (χ4n) is 3.52. The summed E-state index contributed by atoms with van der Waals surface area (Å²) in [6.07, 6.45) is 6.19. The van der Waals surface area contributed by atoms with Gasteiger partial charge in [0.25, 0.3) is 0 Å². The summed E-state index contributed by atoms with van der Waals surface area (Å²) < 4.78 is 4.96. The normalized spacial score (nSPS) is 19.2. The van der Waals surface area contributed by atoms with Crippen LogP contribution in [0.1, 0.15) is 52.9 Å². The summed E-state index contributed by atoms with van der Waals surface area (Å²) in [5.41, 5.74) is 1.63. The van der Waals surface area contributed by atoms with Gasteiger partial charge in [-0.05, 0) is 31.9 Å². The lowest BCUT2D eigenvalue weighted by Crippen LogP contribution is -2.27. The zero-order valence-corrected chi connectivity index (χ0v) is 14.6. The molecule has 0 saturated heterocycles. The van der Waals surface area contributed by atoms with Crippen molar-refractivity contribution >= 4 is 28.2 Å². The predicted octanol–water partition coefficient (Wildman–Crippen LogP) is 3.04. The summed E-state index contributed by atoms with van der Waals surface area (Å²) in [7, 11) is 3.47. The number of carbonyl (C=O) groups excluding carboxylic acids is 2. The molecular weight excluding hydrogens is 312 g/mol. The van der Waals surface area contributed by atoms with Crippen molar-refractivity contribution in [3.63, 3.8) is 0 Å². The Hall–Kier alpha value is -1.40. The third-order valence-corrected chi connectivity index (χ3v) is 5.98. The smallest absolute Gasteiger partial charge is 0.341 e. The van der Waals surface area contributed by atoms with Crippen LogP contribution in [0.2, 0.25) is 0 Å². The van der Waals surface area contributed by atoms with Gasteiger partial charge in [-0.25, -0.2) is 4.79 Å². The van der Waals surface area contributed by atoms with Crippen molar-refractivity contribution in [2.45, 2.75) is 45.1 Å². The highest BCUT2D eigenvalue weighted by Gasteiger charge is 2.30. The van der Waals surface area contributed by atoms with Gasteiger partial charge < -0.3 is 15.0 Å². The maximum atomic E-state index is 12.5. The molecule has 23 heavy (non-hydrogen) atoms. The number of ether oxygens (including phenoxy) is 1. The first-order valence-electron chi connectivity index (χ1n) is 8.32. The van der Waals surface area contributed by atoms with Crippen molar-refractivity contribution in [2.24, 2.45) is 5.92 Å². The van der Waals surface area contributed by atoms with Crippen LogP contribution in [0.3, 0.4) is 0 Å². The number of thiophene rings is 1. The molecule has 1 aromatic rings. The van der Waals surface area contributed by atoms with Crippen molar-refractivity contribution in [3.8, 4) is 0 Å². The van der Waals surface area contributed by atoms with Crippen LogP contribution < -0.4 is 5.32 Å². The highest BCUT2D eigenvalue weighted by Crippen LogP contribution is 2.38. The number of hydrogen-bond acceptors (Lipinski definition) is 5. The van der Waals surface area contributed by atoms with Crippen LogP contribution in [-0.2, 0) is 22.5 Å². The van der Waals surface area contributed by atoms with Crippen molar-refractivity contribution in [1.29, 1.82) is 0 Å². The van der Waals surface area contributed by atoms with E-state index in [-0.39, 0.29) is 17.8 Å². The van der Waals surface area contributed by atoms with Gasteiger partial charge in [0, 0.05) is 23.9 Å². The van der Waals surface area contributed by atoms with Crippen molar-refractivity contribution in [1.82, 2.24) is 4.90 Å². The van der Waals surface area contributed by atoms with Crippen LogP contribution in [0.25, 0.3) is 0 Å². The molecule has 0 atom stereocenters. The molecule has 1 aliphatic carbocycles. The van der Waals surface area contributed by atoms with Crippen LogP contribution in [-0.4, -0.2) is 37.5 Å². The van der Waals surface area contributed by atoms with Gasteiger partial charge in [-0.3, -0.25) is 4.79 Å². The third kappa shape index (κ3) is 3.43. The summed E-state index contributed by atoms with van der Waals surface area (Å²) >= 11 is 1.53. The largest absolute Gasteiger partial charge is 0.465 e. The van der Waals surface area contributed by atoms with E-state index >= 15 is 0 Å². The molecule has 126 valence electrons. The third-order valence-electron chi connectivity index (χ3n) is 4.85. The second-order valence-electron chi connectivity index (χ2n) is 6.51. The van der Waals surface area contributed by atoms with E-state index in [1.54, 1.807) is 0 Å². The van der Waals surface area contributed by atoms with E-state index in [0.717, 1.165) is 55.6 Å². The van der Waals surface area contributed by atoms with Crippen LogP contribution >= 0.6 is 11.3 Å². The number of nitrogens with zero attached hydrogens (tertiary/aromatic N) is 1. The minimum absolute atomic E-state index is 0.0572. The van der Waals surface area contributed by atoms with Crippen LogP contribution in [0, 0.1) is 5.92 Å². The van der Waals surface area contributed by atoms with Crippen LogP contribution in [0.5, 0.6) is 0 Å². The van der Waals surface area contributed by atoms with E-state index in [1.807, 2.05) is 0 Å². The summed E-state index contributed by atoms with van der Waals surface area (Å²) in [4.78, 5) is 28.2. The fraction of sp³-hybridized carbons (Fsp3) is 0.647. The Morgan fingerprint density at radius 2 is 2.00 bits per heavy atom. The Balaban J connectivity index is 1.85. The molecule has 2 aliphatic rings. The highest BCUT2D eigenvalue weighted by atomic mass is 32.1. The quantitative estimate of drug-likeness (QED) is 0.862. The van der Waals surface area contributed by atoms with Crippen molar-refractivity contribution < 1.29 is 14.3 Å². The molecule has 5 nitrogen and oxygen atoms in total. The van der Waals surface area contributed by atoms with Gasteiger partial charge in [0.2, 0.25) is 5.91 Å². The average Bonchev–Trinajstić information content (AvgIpc) is 2.91. The highest BCUT2D eigenvalue weighted by molar-refractivity contribution is 7.17. The second-order valence-corrected chi connectivity index (χ2v) is 7.62. The number of anilines is 1. The van der Waals surface area contributed by atoms with Gasteiger partial charge in [0.1, 0.15) is 5.00 Å².